The lowest BCUT2D eigenvalue weighted by Gasteiger charge is -2.18. The van der Waals surface area contributed by atoms with E-state index in [-0.39, 0.29) is 34.6 Å². The molecular formula is C24H21F4N5O3. The molecule has 8 nitrogen and oxygen atoms in total. The highest BCUT2D eigenvalue weighted by Crippen LogP contribution is 2.38. The number of ether oxygens (including phenoxy) is 1. The van der Waals surface area contributed by atoms with Gasteiger partial charge in [0, 0.05) is 18.3 Å². The van der Waals surface area contributed by atoms with Gasteiger partial charge in [0.25, 0.3) is 11.5 Å². The minimum Gasteiger partial charge on any atom is -0.496 e. The average molecular weight is 503 g/mol. The Bertz CT molecular complexity index is 1490. The number of fused-ring (bicyclic) bond motifs is 1. The zero-order chi connectivity index (χ0) is 26.2. The van der Waals surface area contributed by atoms with E-state index in [2.05, 4.69) is 15.5 Å². The van der Waals surface area contributed by atoms with E-state index in [0.717, 1.165) is 17.6 Å². The fraction of sp³-hybridized carbons (Fsp3) is 0.208. The first-order chi connectivity index (χ1) is 17.0. The number of aromatic amines is 1. The molecule has 4 aromatic rings. The SMILES string of the molecule is COc1ccc(F)cc1C(=O)NCc1ccc(-c2cn(C(C)C(F)(F)F)c3c(=O)[nH]nc(N)c23)cc1. The monoisotopic (exact) mass is 503 g/mol. The number of amides is 1. The molecule has 1 atom stereocenters. The molecule has 4 N–H and O–H groups in total. The van der Waals surface area contributed by atoms with Crippen molar-refractivity contribution in [2.24, 2.45) is 0 Å². The summed E-state index contributed by atoms with van der Waals surface area (Å²) in [5.41, 5.74) is 6.39. The number of nitrogens with two attached hydrogens (primary N) is 1. The van der Waals surface area contributed by atoms with Gasteiger partial charge in [-0.2, -0.15) is 18.3 Å². The number of benzene rings is 2. The van der Waals surface area contributed by atoms with Crippen molar-refractivity contribution in [3.05, 3.63) is 76.0 Å². The zero-order valence-electron chi connectivity index (χ0n) is 19.1. The van der Waals surface area contributed by atoms with Crippen molar-refractivity contribution in [3.8, 4) is 16.9 Å². The van der Waals surface area contributed by atoms with Gasteiger partial charge >= 0.3 is 6.18 Å². The summed E-state index contributed by atoms with van der Waals surface area (Å²) in [6, 6.07) is 8.18. The number of H-pyrrole nitrogens is 1. The van der Waals surface area contributed by atoms with Crippen LogP contribution in [0.1, 0.15) is 28.9 Å². The van der Waals surface area contributed by atoms with Gasteiger partial charge in [-0.25, -0.2) is 9.49 Å². The van der Waals surface area contributed by atoms with E-state index in [9.17, 15) is 27.2 Å². The predicted octanol–water partition coefficient (Wildman–Crippen LogP) is 4.17. The van der Waals surface area contributed by atoms with Crippen LogP contribution in [0, 0.1) is 5.82 Å². The Morgan fingerprint density at radius 1 is 1.22 bits per heavy atom. The number of alkyl halides is 3. The topological polar surface area (TPSA) is 115 Å². The first kappa shape index (κ1) is 24.8. The van der Waals surface area contributed by atoms with Gasteiger partial charge in [-0.05, 0) is 36.2 Å². The summed E-state index contributed by atoms with van der Waals surface area (Å²) in [6.07, 6.45) is -3.37. The zero-order valence-corrected chi connectivity index (χ0v) is 19.1. The van der Waals surface area contributed by atoms with E-state index < -0.39 is 29.5 Å². The van der Waals surface area contributed by atoms with Gasteiger partial charge in [0.2, 0.25) is 0 Å². The van der Waals surface area contributed by atoms with Gasteiger partial charge in [0.05, 0.1) is 18.1 Å². The molecule has 2 heterocycles. The molecule has 0 spiro atoms. The van der Waals surface area contributed by atoms with Crippen LogP contribution < -0.4 is 21.3 Å². The summed E-state index contributed by atoms with van der Waals surface area (Å²) in [5, 5.41) is 8.60. The second-order valence-corrected chi connectivity index (χ2v) is 8.05. The normalized spacial score (nSPS) is 12.5. The van der Waals surface area contributed by atoms with Crippen molar-refractivity contribution < 1.29 is 27.1 Å². The summed E-state index contributed by atoms with van der Waals surface area (Å²) in [4.78, 5) is 24.9. The third-order valence-corrected chi connectivity index (χ3v) is 5.80. The van der Waals surface area contributed by atoms with Crippen LogP contribution in [0.5, 0.6) is 5.75 Å². The molecule has 0 fully saturated rings. The van der Waals surface area contributed by atoms with Gasteiger partial charge < -0.3 is 20.4 Å². The maximum atomic E-state index is 13.6. The summed E-state index contributed by atoms with van der Waals surface area (Å²) >= 11 is 0. The lowest BCUT2D eigenvalue weighted by Crippen LogP contribution is -2.25. The van der Waals surface area contributed by atoms with Crippen molar-refractivity contribution in [2.75, 3.05) is 12.8 Å². The number of carbonyl (C=O) groups excluding carboxylic acids is 1. The Kier molecular flexibility index (Phi) is 6.44. The molecule has 188 valence electrons. The van der Waals surface area contributed by atoms with E-state index in [0.29, 0.717) is 16.7 Å². The minimum absolute atomic E-state index is 0.0360. The highest BCUT2D eigenvalue weighted by molar-refractivity contribution is 6.02. The number of nitrogens with one attached hydrogen (secondary N) is 2. The van der Waals surface area contributed by atoms with Gasteiger partial charge in [0.15, 0.2) is 5.82 Å². The van der Waals surface area contributed by atoms with E-state index in [1.54, 1.807) is 24.3 Å². The molecule has 0 radical (unpaired) electrons. The number of hydrogen-bond donors (Lipinski definition) is 3. The van der Waals surface area contributed by atoms with Crippen molar-refractivity contribution >= 4 is 22.6 Å². The predicted molar refractivity (Wildman–Crippen MR) is 125 cm³/mol. The lowest BCUT2D eigenvalue weighted by atomic mass is 10.0. The molecule has 1 unspecified atom stereocenters. The number of rotatable bonds is 6. The number of hydrogen-bond acceptors (Lipinski definition) is 5. The summed E-state index contributed by atoms with van der Waals surface area (Å²) in [7, 11) is 1.37. The van der Waals surface area contributed by atoms with Crippen molar-refractivity contribution in [1.82, 2.24) is 20.1 Å². The standard InChI is InChI=1S/C24H21F4N5O3/c1-12(24(26,27)28)33-11-17(19-20(33)23(35)32-31-21(19)29)14-5-3-13(4-6-14)10-30-22(34)16-9-15(25)7-8-18(16)36-2/h3-9,11-12H,10H2,1-2H3,(H2,29,31)(H,30,34)(H,32,35). The first-order valence-corrected chi connectivity index (χ1v) is 10.7. The fourth-order valence-corrected chi connectivity index (χ4v) is 3.85. The van der Waals surface area contributed by atoms with Crippen LogP contribution in [0.2, 0.25) is 0 Å². The van der Waals surface area contributed by atoms with Crippen LogP contribution in [-0.4, -0.2) is 34.0 Å². The quantitative estimate of drug-likeness (QED) is 0.342. The molecule has 1 amide bonds. The number of anilines is 1. The minimum atomic E-state index is -4.60. The Morgan fingerprint density at radius 3 is 2.56 bits per heavy atom. The number of carbonyl (C=O) groups is 1. The van der Waals surface area contributed by atoms with Gasteiger partial charge in [-0.15, -0.1) is 0 Å². The number of nitrogen functional groups attached to an aromatic ring is 1. The van der Waals surface area contributed by atoms with E-state index in [1.165, 1.54) is 25.4 Å². The smallest absolute Gasteiger partial charge is 0.408 e. The van der Waals surface area contributed by atoms with Crippen molar-refractivity contribution in [2.45, 2.75) is 25.7 Å². The molecule has 0 aliphatic rings. The van der Waals surface area contributed by atoms with Crippen LogP contribution in [0.3, 0.4) is 0 Å². The maximum absolute atomic E-state index is 13.6. The molecule has 0 aliphatic carbocycles. The summed E-state index contributed by atoms with van der Waals surface area (Å²) in [5.74, 6) is -1.03. The molecular weight excluding hydrogens is 482 g/mol. The second kappa shape index (κ2) is 9.36. The Morgan fingerprint density at radius 2 is 1.92 bits per heavy atom. The Hall–Kier alpha value is -4.35. The molecule has 0 bridgehead atoms. The van der Waals surface area contributed by atoms with Crippen LogP contribution in [0.25, 0.3) is 22.0 Å². The molecule has 12 heteroatoms. The van der Waals surface area contributed by atoms with E-state index in [4.69, 9.17) is 10.5 Å². The van der Waals surface area contributed by atoms with E-state index >= 15 is 0 Å². The summed E-state index contributed by atoms with van der Waals surface area (Å²) < 4.78 is 59.9. The Balaban J connectivity index is 1.63. The molecule has 0 saturated carbocycles. The Labute approximate surface area is 201 Å². The van der Waals surface area contributed by atoms with Crippen LogP contribution in [0.4, 0.5) is 23.4 Å². The first-order valence-electron chi connectivity index (χ1n) is 10.7. The number of halogens is 4. The average Bonchev–Trinajstić information content (AvgIpc) is 3.26. The molecule has 0 saturated heterocycles. The summed E-state index contributed by atoms with van der Waals surface area (Å²) in [6.45, 7) is 1.04. The molecule has 0 aliphatic heterocycles. The van der Waals surface area contributed by atoms with Crippen molar-refractivity contribution in [3.63, 3.8) is 0 Å². The number of aromatic nitrogens is 3. The van der Waals surface area contributed by atoms with Crippen LogP contribution in [-0.2, 0) is 6.54 Å². The van der Waals surface area contributed by atoms with E-state index in [1.807, 2.05) is 0 Å². The van der Waals surface area contributed by atoms with Crippen molar-refractivity contribution in [1.29, 1.82) is 0 Å². The highest BCUT2D eigenvalue weighted by atomic mass is 19.4. The molecule has 4 rings (SSSR count). The third-order valence-electron chi connectivity index (χ3n) is 5.80. The fourth-order valence-electron chi connectivity index (χ4n) is 3.85. The lowest BCUT2D eigenvalue weighted by molar-refractivity contribution is -0.162. The third kappa shape index (κ3) is 4.61. The van der Waals surface area contributed by atoms with Crippen LogP contribution in [0.15, 0.2) is 53.5 Å². The largest absolute Gasteiger partial charge is 0.496 e. The number of methoxy groups -OCH3 is 1. The highest BCUT2D eigenvalue weighted by Gasteiger charge is 2.39. The van der Waals surface area contributed by atoms with Crippen LogP contribution >= 0.6 is 0 Å². The maximum Gasteiger partial charge on any atom is 0.408 e. The van der Waals surface area contributed by atoms with Gasteiger partial charge in [0.1, 0.15) is 23.1 Å². The second-order valence-electron chi connectivity index (χ2n) is 8.05. The van der Waals surface area contributed by atoms with Gasteiger partial charge in [-0.3, -0.25) is 9.59 Å². The molecule has 2 aromatic heterocycles. The number of nitrogens with zero attached hydrogens (tertiary/aromatic N) is 2. The molecule has 36 heavy (non-hydrogen) atoms. The van der Waals surface area contributed by atoms with Gasteiger partial charge in [-0.1, -0.05) is 24.3 Å². The molecule has 2 aromatic carbocycles.